The molecule has 0 N–H and O–H groups in total. The van der Waals surface area contributed by atoms with E-state index in [-0.39, 0.29) is 23.8 Å². The maximum absolute atomic E-state index is 12.9. The molecule has 1 aromatic carbocycles. The van der Waals surface area contributed by atoms with Crippen molar-refractivity contribution in [2.45, 2.75) is 31.5 Å². The number of benzene rings is 1. The van der Waals surface area contributed by atoms with Gasteiger partial charge in [-0.2, -0.15) is 0 Å². The average molecular weight is 353 g/mol. The number of piperidine rings is 1. The topological polar surface area (TPSA) is 64.6 Å². The van der Waals surface area contributed by atoms with Crippen LogP contribution in [-0.2, 0) is 11.3 Å². The zero-order valence-electron chi connectivity index (χ0n) is 14.9. The van der Waals surface area contributed by atoms with E-state index in [9.17, 15) is 4.79 Å². The molecular formula is C20H23N3O3. The van der Waals surface area contributed by atoms with Crippen LogP contribution in [0.1, 0.15) is 28.9 Å². The van der Waals surface area contributed by atoms with Crippen LogP contribution in [0.15, 0.2) is 42.5 Å². The molecule has 2 aromatic rings. The molecule has 6 heteroatoms. The summed E-state index contributed by atoms with van der Waals surface area (Å²) in [6.07, 6.45) is 1.60. The predicted octanol–water partition coefficient (Wildman–Crippen LogP) is 2.35. The van der Waals surface area contributed by atoms with Gasteiger partial charge in [0.2, 0.25) is 5.88 Å². The van der Waals surface area contributed by atoms with Gasteiger partial charge in [0.15, 0.2) is 5.78 Å². The number of aromatic nitrogens is 2. The number of carbonyl (C=O) groups is 1. The summed E-state index contributed by atoms with van der Waals surface area (Å²) in [5.74, 6) is 0.476. The van der Waals surface area contributed by atoms with Crippen LogP contribution < -0.4 is 4.74 Å². The molecule has 2 unspecified atom stereocenters. The Kier molecular flexibility index (Phi) is 4.95. The minimum Gasteiger partial charge on any atom is -0.480 e. The third-order valence-corrected chi connectivity index (χ3v) is 5.35. The number of hydrogen-bond donors (Lipinski definition) is 0. The first-order chi connectivity index (χ1) is 12.7. The maximum atomic E-state index is 12.9. The summed E-state index contributed by atoms with van der Waals surface area (Å²) in [6.45, 7) is 2.27. The molecule has 136 valence electrons. The van der Waals surface area contributed by atoms with Gasteiger partial charge in [0.25, 0.3) is 0 Å². The fourth-order valence-electron chi connectivity index (χ4n) is 4.03. The Morgan fingerprint density at radius 3 is 2.46 bits per heavy atom. The molecule has 26 heavy (non-hydrogen) atoms. The van der Waals surface area contributed by atoms with Gasteiger partial charge in [-0.25, -0.2) is 0 Å². The van der Waals surface area contributed by atoms with E-state index in [0.717, 1.165) is 19.4 Å². The van der Waals surface area contributed by atoms with Crippen molar-refractivity contribution in [2.24, 2.45) is 5.92 Å². The number of methoxy groups -OCH3 is 1. The number of ether oxygens (including phenoxy) is 2. The number of Topliss-reactive ketones (excluding diaryl/α,β-unsaturated/α-hetero) is 1. The lowest BCUT2D eigenvalue weighted by atomic mass is 9.81. The Labute approximate surface area is 153 Å². The lowest BCUT2D eigenvalue weighted by Crippen LogP contribution is -2.57. The third kappa shape index (κ3) is 3.48. The maximum Gasteiger partial charge on any atom is 0.233 e. The van der Waals surface area contributed by atoms with Gasteiger partial charge in [0.05, 0.1) is 20.3 Å². The predicted molar refractivity (Wildman–Crippen MR) is 96.0 cm³/mol. The van der Waals surface area contributed by atoms with Crippen LogP contribution in [-0.4, -0.2) is 53.3 Å². The SMILES string of the molecule is COc1ccc(C(=O)C2CC3COCC(C2)N3Cc2ccccc2)nn1. The molecule has 3 heterocycles. The summed E-state index contributed by atoms with van der Waals surface area (Å²) < 4.78 is 10.8. The van der Waals surface area contributed by atoms with E-state index in [2.05, 4.69) is 39.4 Å². The molecule has 0 amide bonds. The molecule has 2 atom stereocenters. The third-order valence-electron chi connectivity index (χ3n) is 5.35. The van der Waals surface area contributed by atoms with E-state index in [4.69, 9.17) is 9.47 Å². The molecule has 0 radical (unpaired) electrons. The van der Waals surface area contributed by atoms with E-state index < -0.39 is 0 Å². The van der Waals surface area contributed by atoms with Crippen LogP contribution in [0.2, 0.25) is 0 Å². The molecule has 2 aliphatic rings. The molecule has 4 rings (SSSR count). The van der Waals surface area contributed by atoms with E-state index in [1.165, 1.54) is 12.7 Å². The van der Waals surface area contributed by atoms with Crippen LogP contribution in [0, 0.1) is 5.92 Å². The highest BCUT2D eigenvalue weighted by atomic mass is 16.5. The molecule has 0 saturated carbocycles. The molecule has 2 fully saturated rings. The highest BCUT2D eigenvalue weighted by molar-refractivity contribution is 5.96. The van der Waals surface area contributed by atoms with Crippen molar-refractivity contribution in [3.63, 3.8) is 0 Å². The summed E-state index contributed by atoms with van der Waals surface area (Å²) >= 11 is 0. The first-order valence-corrected chi connectivity index (χ1v) is 9.04. The first kappa shape index (κ1) is 17.1. The van der Waals surface area contributed by atoms with Crippen molar-refractivity contribution >= 4 is 5.78 Å². The quantitative estimate of drug-likeness (QED) is 0.769. The zero-order valence-corrected chi connectivity index (χ0v) is 14.9. The second-order valence-corrected chi connectivity index (χ2v) is 7.00. The normalized spacial score (nSPS) is 25.7. The van der Waals surface area contributed by atoms with Crippen LogP contribution in [0.25, 0.3) is 0 Å². The van der Waals surface area contributed by atoms with Crippen molar-refractivity contribution in [1.29, 1.82) is 0 Å². The van der Waals surface area contributed by atoms with E-state index >= 15 is 0 Å². The van der Waals surface area contributed by atoms with Gasteiger partial charge in [0, 0.05) is 30.6 Å². The van der Waals surface area contributed by atoms with Crippen molar-refractivity contribution in [2.75, 3.05) is 20.3 Å². The highest BCUT2D eigenvalue weighted by Gasteiger charge is 2.41. The molecule has 0 spiro atoms. The van der Waals surface area contributed by atoms with Gasteiger partial charge in [0.1, 0.15) is 5.69 Å². The largest absolute Gasteiger partial charge is 0.480 e. The molecular weight excluding hydrogens is 330 g/mol. The smallest absolute Gasteiger partial charge is 0.233 e. The number of ketones is 1. The number of rotatable bonds is 5. The number of nitrogens with zero attached hydrogens (tertiary/aromatic N) is 3. The van der Waals surface area contributed by atoms with Gasteiger partial charge in [-0.1, -0.05) is 30.3 Å². The van der Waals surface area contributed by atoms with E-state index in [1.54, 1.807) is 12.1 Å². The first-order valence-electron chi connectivity index (χ1n) is 9.04. The number of fused-ring (bicyclic) bond motifs is 2. The standard InChI is InChI=1S/C20H23N3O3/c1-25-19-8-7-18(21-22-19)20(24)15-9-16-12-26-13-17(10-15)23(16)11-14-5-3-2-4-6-14/h2-8,15-17H,9-13H2,1H3. The Morgan fingerprint density at radius 2 is 1.85 bits per heavy atom. The second kappa shape index (κ2) is 7.51. The fourth-order valence-corrected chi connectivity index (χ4v) is 4.03. The lowest BCUT2D eigenvalue weighted by molar-refractivity contribution is -0.0873. The Morgan fingerprint density at radius 1 is 1.12 bits per heavy atom. The van der Waals surface area contributed by atoms with Crippen molar-refractivity contribution in [1.82, 2.24) is 15.1 Å². The highest BCUT2D eigenvalue weighted by Crippen LogP contribution is 2.34. The summed E-state index contributed by atoms with van der Waals surface area (Å²) in [4.78, 5) is 15.4. The van der Waals surface area contributed by atoms with Gasteiger partial charge in [-0.05, 0) is 24.5 Å². The average Bonchev–Trinajstić information content (AvgIpc) is 2.68. The monoisotopic (exact) mass is 353 g/mol. The van der Waals surface area contributed by atoms with Gasteiger partial charge >= 0.3 is 0 Å². The minimum atomic E-state index is -0.0244. The van der Waals surface area contributed by atoms with Crippen molar-refractivity contribution in [3.05, 3.63) is 53.7 Å². The van der Waals surface area contributed by atoms with Crippen LogP contribution in [0.3, 0.4) is 0 Å². The molecule has 0 aliphatic carbocycles. The van der Waals surface area contributed by atoms with E-state index in [0.29, 0.717) is 24.8 Å². The molecule has 2 bridgehead atoms. The van der Waals surface area contributed by atoms with Gasteiger partial charge in [-0.3, -0.25) is 9.69 Å². The number of hydrogen-bond acceptors (Lipinski definition) is 6. The Hall–Kier alpha value is -2.31. The lowest BCUT2D eigenvalue weighted by Gasteiger charge is -2.48. The van der Waals surface area contributed by atoms with Crippen LogP contribution >= 0.6 is 0 Å². The van der Waals surface area contributed by atoms with Crippen molar-refractivity contribution < 1.29 is 14.3 Å². The van der Waals surface area contributed by atoms with Crippen molar-refractivity contribution in [3.8, 4) is 5.88 Å². The van der Waals surface area contributed by atoms with Gasteiger partial charge in [-0.15, -0.1) is 10.2 Å². The number of morpholine rings is 1. The zero-order chi connectivity index (χ0) is 17.9. The van der Waals surface area contributed by atoms with Gasteiger partial charge < -0.3 is 9.47 Å². The minimum absolute atomic E-state index is 0.0244. The van der Waals surface area contributed by atoms with E-state index in [1.807, 2.05) is 6.07 Å². The van der Waals surface area contributed by atoms with Crippen LogP contribution in [0.4, 0.5) is 0 Å². The molecule has 6 nitrogen and oxygen atoms in total. The van der Waals surface area contributed by atoms with Crippen LogP contribution in [0.5, 0.6) is 5.88 Å². The molecule has 1 aromatic heterocycles. The summed E-state index contributed by atoms with van der Waals surface area (Å²) in [5, 5.41) is 7.96. The molecule has 2 saturated heterocycles. The summed E-state index contributed by atoms with van der Waals surface area (Å²) in [5.41, 5.74) is 1.72. The summed E-state index contributed by atoms with van der Waals surface area (Å²) in [6, 6.07) is 14.4. The summed E-state index contributed by atoms with van der Waals surface area (Å²) in [7, 11) is 1.54. The fraction of sp³-hybridized carbons (Fsp3) is 0.450. The number of carbonyl (C=O) groups excluding carboxylic acids is 1. The second-order valence-electron chi connectivity index (χ2n) is 7.00. The Balaban J connectivity index is 1.47. The Bertz CT molecular complexity index is 737. The molecule has 2 aliphatic heterocycles.